The van der Waals surface area contributed by atoms with Gasteiger partial charge in [-0.05, 0) is 55.7 Å². The average molecular weight is 357 g/mol. The molecule has 2 aliphatic rings. The number of aromatic nitrogens is 2. The standard InChI is InChI=1S/C21H28FN3O/c1-15-9-16(3-6-21(15)22)17-10-18-4-5-19(11-17)25(18)13-20-12-23-14-24(20)7-8-26-2/h3,6,9,12,14,17-19H,4-5,7-8,10-11,13H2,1-2H3/t17?,18-,19+. The first kappa shape index (κ1) is 17.7. The Morgan fingerprint density at radius 3 is 2.69 bits per heavy atom. The molecule has 2 aromatic rings. The van der Waals surface area contributed by atoms with Crippen LogP contribution in [0.25, 0.3) is 0 Å². The highest BCUT2D eigenvalue weighted by molar-refractivity contribution is 5.28. The molecule has 4 rings (SSSR count). The van der Waals surface area contributed by atoms with Crippen molar-refractivity contribution in [2.45, 2.75) is 63.7 Å². The molecule has 1 aromatic carbocycles. The van der Waals surface area contributed by atoms with Gasteiger partial charge in [0.25, 0.3) is 0 Å². The van der Waals surface area contributed by atoms with Gasteiger partial charge in [0.05, 0.1) is 18.6 Å². The van der Waals surface area contributed by atoms with E-state index in [1.165, 1.54) is 36.9 Å². The van der Waals surface area contributed by atoms with E-state index in [1.807, 2.05) is 25.5 Å². The number of hydrogen-bond acceptors (Lipinski definition) is 3. The van der Waals surface area contributed by atoms with Crippen LogP contribution in [0, 0.1) is 12.7 Å². The average Bonchev–Trinajstić information content (AvgIpc) is 3.16. The van der Waals surface area contributed by atoms with Crippen molar-refractivity contribution in [3.05, 3.63) is 53.4 Å². The summed E-state index contributed by atoms with van der Waals surface area (Å²) in [5.74, 6) is 0.458. The largest absolute Gasteiger partial charge is 0.383 e. The van der Waals surface area contributed by atoms with Gasteiger partial charge in [-0.25, -0.2) is 9.37 Å². The van der Waals surface area contributed by atoms with Gasteiger partial charge in [-0.3, -0.25) is 4.90 Å². The molecule has 1 unspecified atom stereocenters. The molecule has 0 radical (unpaired) electrons. The van der Waals surface area contributed by atoms with Gasteiger partial charge in [-0.1, -0.05) is 12.1 Å². The smallest absolute Gasteiger partial charge is 0.126 e. The molecule has 2 saturated heterocycles. The van der Waals surface area contributed by atoms with Crippen LogP contribution in [-0.2, 0) is 17.8 Å². The molecule has 2 aliphatic heterocycles. The zero-order chi connectivity index (χ0) is 18.1. The second-order valence-electron chi connectivity index (χ2n) is 7.81. The van der Waals surface area contributed by atoms with Crippen LogP contribution < -0.4 is 0 Å². The fourth-order valence-electron chi connectivity index (χ4n) is 4.78. The predicted molar refractivity (Wildman–Crippen MR) is 99.6 cm³/mol. The number of aryl methyl sites for hydroxylation is 1. The van der Waals surface area contributed by atoms with Gasteiger partial charge in [-0.2, -0.15) is 0 Å². The second-order valence-corrected chi connectivity index (χ2v) is 7.81. The molecular formula is C21H28FN3O. The summed E-state index contributed by atoms with van der Waals surface area (Å²) in [5.41, 5.74) is 3.35. The molecule has 3 atom stereocenters. The van der Waals surface area contributed by atoms with Gasteiger partial charge in [0.1, 0.15) is 5.82 Å². The van der Waals surface area contributed by atoms with E-state index < -0.39 is 0 Å². The predicted octanol–water partition coefficient (Wildman–Crippen LogP) is 3.89. The minimum atomic E-state index is -0.0986. The summed E-state index contributed by atoms with van der Waals surface area (Å²) in [5, 5.41) is 0. The summed E-state index contributed by atoms with van der Waals surface area (Å²) < 4.78 is 21.0. The number of piperidine rings is 1. The molecule has 1 aromatic heterocycles. The fourth-order valence-corrected chi connectivity index (χ4v) is 4.78. The van der Waals surface area contributed by atoms with Crippen molar-refractivity contribution in [2.75, 3.05) is 13.7 Å². The molecule has 26 heavy (non-hydrogen) atoms. The van der Waals surface area contributed by atoms with Gasteiger partial charge in [0.15, 0.2) is 0 Å². The molecule has 2 bridgehead atoms. The summed E-state index contributed by atoms with van der Waals surface area (Å²) in [4.78, 5) is 7.01. The third-order valence-corrected chi connectivity index (χ3v) is 6.22. The molecule has 3 heterocycles. The van der Waals surface area contributed by atoms with Gasteiger partial charge in [0, 0.05) is 38.5 Å². The number of rotatable bonds is 6. The summed E-state index contributed by atoms with van der Waals surface area (Å²) in [6.45, 7) is 4.40. The van der Waals surface area contributed by atoms with E-state index in [0.29, 0.717) is 24.6 Å². The van der Waals surface area contributed by atoms with Gasteiger partial charge in [0.2, 0.25) is 0 Å². The molecule has 0 saturated carbocycles. The third kappa shape index (κ3) is 3.42. The number of imidazole rings is 1. The summed E-state index contributed by atoms with van der Waals surface area (Å²) in [7, 11) is 1.73. The summed E-state index contributed by atoms with van der Waals surface area (Å²) in [6, 6.07) is 6.91. The Balaban J connectivity index is 1.45. The summed E-state index contributed by atoms with van der Waals surface area (Å²) in [6.07, 6.45) is 8.79. The van der Waals surface area contributed by atoms with Crippen LogP contribution in [0.15, 0.2) is 30.7 Å². The Bertz CT molecular complexity index is 745. The van der Waals surface area contributed by atoms with E-state index in [2.05, 4.69) is 20.5 Å². The van der Waals surface area contributed by atoms with Crippen LogP contribution in [0.2, 0.25) is 0 Å². The monoisotopic (exact) mass is 357 g/mol. The number of fused-ring (bicyclic) bond motifs is 2. The highest BCUT2D eigenvalue weighted by Crippen LogP contribution is 2.43. The van der Waals surface area contributed by atoms with Gasteiger partial charge >= 0.3 is 0 Å². The number of hydrogen-bond donors (Lipinski definition) is 0. The molecular weight excluding hydrogens is 329 g/mol. The van der Waals surface area contributed by atoms with Crippen LogP contribution >= 0.6 is 0 Å². The van der Waals surface area contributed by atoms with E-state index in [0.717, 1.165) is 18.7 Å². The third-order valence-electron chi connectivity index (χ3n) is 6.22. The lowest BCUT2D eigenvalue weighted by atomic mass is 9.84. The highest BCUT2D eigenvalue weighted by Gasteiger charge is 2.41. The lowest BCUT2D eigenvalue weighted by Crippen LogP contribution is -2.42. The van der Waals surface area contributed by atoms with E-state index in [-0.39, 0.29) is 5.82 Å². The Hall–Kier alpha value is -1.72. The SMILES string of the molecule is COCCn1cncc1CN1[C@@H]2CC[C@H]1CC(c1ccc(F)c(C)c1)C2. The van der Waals surface area contributed by atoms with Crippen LogP contribution in [-0.4, -0.2) is 40.3 Å². The molecule has 0 spiro atoms. The van der Waals surface area contributed by atoms with E-state index in [9.17, 15) is 4.39 Å². The van der Waals surface area contributed by atoms with Crippen LogP contribution in [0.1, 0.15) is 48.4 Å². The first-order chi connectivity index (χ1) is 12.7. The topological polar surface area (TPSA) is 30.3 Å². The number of nitrogens with zero attached hydrogens (tertiary/aromatic N) is 3. The Kier molecular flexibility index (Phi) is 5.09. The van der Waals surface area contributed by atoms with E-state index in [1.54, 1.807) is 13.2 Å². The minimum absolute atomic E-state index is 0.0986. The minimum Gasteiger partial charge on any atom is -0.383 e. The van der Waals surface area contributed by atoms with Crippen LogP contribution in [0.4, 0.5) is 4.39 Å². The molecule has 0 amide bonds. The Labute approximate surface area is 155 Å². The molecule has 0 N–H and O–H groups in total. The van der Waals surface area contributed by atoms with E-state index >= 15 is 0 Å². The van der Waals surface area contributed by atoms with Crippen LogP contribution in [0.5, 0.6) is 0 Å². The highest BCUT2D eigenvalue weighted by atomic mass is 19.1. The maximum absolute atomic E-state index is 13.6. The molecule has 140 valence electrons. The number of benzene rings is 1. The second kappa shape index (κ2) is 7.49. The van der Waals surface area contributed by atoms with Crippen molar-refractivity contribution in [1.29, 1.82) is 0 Å². The number of methoxy groups -OCH3 is 1. The zero-order valence-corrected chi connectivity index (χ0v) is 15.7. The lowest BCUT2D eigenvalue weighted by molar-refractivity contribution is 0.114. The quantitative estimate of drug-likeness (QED) is 0.786. The van der Waals surface area contributed by atoms with Gasteiger partial charge < -0.3 is 9.30 Å². The van der Waals surface area contributed by atoms with Crippen LogP contribution in [0.3, 0.4) is 0 Å². The lowest BCUT2D eigenvalue weighted by Gasteiger charge is -2.39. The number of halogens is 1. The maximum Gasteiger partial charge on any atom is 0.126 e. The Morgan fingerprint density at radius 1 is 1.23 bits per heavy atom. The fraction of sp³-hybridized carbons (Fsp3) is 0.571. The van der Waals surface area contributed by atoms with Crippen molar-refractivity contribution < 1.29 is 9.13 Å². The van der Waals surface area contributed by atoms with Gasteiger partial charge in [-0.15, -0.1) is 0 Å². The first-order valence-corrected chi connectivity index (χ1v) is 9.65. The van der Waals surface area contributed by atoms with Crippen molar-refractivity contribution in [3.8, 4) is 0 Å². The summed E-state index contributed by atoms with van der Waals surface area (Å²) >= 11 is 0. The zero-order valence-electron chi connectivity index (χ0n) is 15.7. The van der Waals surface area contributed by atoms with Crippen molar-refractivity contribution in [3.63, 3.8) is 0 Å². The first-order valence-electron chi connectivity index (χ1n) is 9.65. The van der Waals surface area contributed by atoms with E-state index in [4.69, 9.17) is 4.74 Å². The van der Waals surface area contributed by atoms with Crippen molar-refractivity contribution in [2.24, 2.45) is 0 Å². The molecule has 5 heteroatoms. The van der Waals surface area contributed by atoms with Crippen molar-refractivity contribution >= 4 is 0 Å². The maximum atomic E-state index is 13.6. The Morgan fingerprint density at radius 2 is 2.00 bits per heavy atom. The molecule has 2 fully saturated rings. The molecule has 4 nitrogen and oxygen atoms in total. The number of ether oxygens (including phenoxy) is 1. The van der Waals surface area contributed by atoms with Crippen molar-refractivity contribution in [1.82, 2.24) is 14.5 Å². The normalized spacial score (nSPS) is 25.7. The molecule has 0 aliphatic carbocycles.